The first-order chi connectivity index (χ1) is 6.11. The van der Waals surface area contributed by atoms with E-state index in [1.165, 1.54) is 0 Å². The maximum Gasteiger partial charge on any atom is 0.275 e. The zero-order valence-corrected chi connectivity index (χ0v) is 10.5. The Balaban J connectivity index is 3.10. The first kappa shape index (κ1) is 9.26. The van der Waals surface area contributed by atoms with E-state index in [-0.39, 0.29) is 5.56 Å². The van der Waals surface area contributed by atoms with E-state index < -0.39 is 0 Å². The minimum atomic E-state index is 0.0256. The largest absolute Gasteiger partial charge is 0.316 e. The summed E-state index contributed by atoms with van der Waals surface area (Å²) in [5.74, 6) is 0. The smallest absolute Gasteiger partial charge is 0.275 e. The molecule has 0 saturated heterocycles. The summed E-state index contributed by atoms with van der Waals surface area (Å²) in [5.41, 5.74) is 0.745. The summed E-state index contributed by atoms with van der Waals surface area (Å²) in [5, 5.41) is 0.956. The number of pyridine rings is 1. The molecule has 0 N–H and O–H groups in total. The minimum Gasteiger partial charge on any atom is -0.316 e. The van der Waals surface area contributed by atoms with Crippen LogP contribution in [0.4, 0.5) is 0 Å². The highest BCUT2D eigenvalue weighted by Crippen LogP contribution is 2.22. The molecule has 2 rings (SSSR count). The molecule has 2 heterocycles. The van der Waals surface area contributed by atoms with Crippen LogP contribution in [0.15, 0.2) is 27.7 Å². The number of hydrogen-bond donors (Lipinski definition) is 0. The van der Waals surface area contributed by atoms with Gasteiger partial charge < -0.3 is 4.57 Å². The van der Waals surface area contributed by atoms with Crippen LogP contribution in [0.25, 0.3) is 10.9 Å². The third kappa shape index (κ3) is 1.34. The van der Waals surface area contributed by atoms with Gasteiger partial charge in [0.15, 0.2) is 0 Å². The predicted octanol–water partition coefficient (Wildman–Crippen LogP) is 2.30. The van der Waals surface area contributed by atoms with Crippen molar-refractivity contribution in [2.45, 2.75) is 0 Å². The van der Waals surface area contributed by atoms with E-state index in [9.17, 15) is 4.79 Å². The summed E-state index contributed by atoms with van der Waals surface area (Å²) in [7, 11) is 1.75. The maximum atomic E-state index is 11.7. The molecule has 0 aliphatic carbocycles. The Bertz CT molecular complexity index is 529. The van der Waals surface area contributed by atoms with Gasteiger partial charge >= 0.3 is 0 Å². The lowest BCUT2D eigenvalue weighted by Crippen LogP contribution is -2.16. The Labute approximate surface area is 97.0 Å². The monoisotopic (exact) mass is 352 g/mol. The second kappa shape index (κ2) is 3.13. The van der Waals surface area contributed by atoms with Crippen molar-refractivity contribution in [3.05, 3.63) is 33.3 Å². The highest BCUT2D eigenvalue weighted by Gasteiger charge is 2.08. The average molecular weight is 353 g/mol. The van der Waals surface area contributed by atoms with Crippen molar-refractivity contribution < 1.29 is 0 Å². The molecule has 0 aliphatic rings. The van der Waals surface area contributed by atoms with Crippen molar-refractivity contribution in [2.75, 3.05) is 0 Å². The van der Waals surface area contributed by atoms with Gasteiger partial charge in [-0.05, 0) is 22.0 Å². The summed E-state index contributed by atoms with van der Waals surface area (Å²) in [6.07, 6.45) is 3.65. The van der Waals surface area contributed by atoms with Crippen LogP contribution in [0.3, 0.4) is 0 Å². The van der Waals surface area contributed by atoms with Gasteiger partial charge in [0.05, 0.1) is 22.9 Å². The van der Waals surface area contributed by atoms with Gasteiger partial charge in [-0.15, -0.1) is 0 Å². The van der Waals surface area contributed by atoms with Crippen molar-refractivity contribution >= 4 is 49.7 Å². The van der Waals surface area contributed by atoms with Gasteiger partial charge in [-0.2, -0.15) is 0 Å². The first-order valence-corrected chi connectivity index (χ1v) is 5.39. The van der Waals surface area contributed by atoms with Crippen LogP contribution in [0.5, 0.6) is 0 Å². The quantitative estimate of drug-likeness (QED) is 0.668. The molecule has 0 unspecified atom stereocenters. The van der Waals surface area contributed by atoms with E-state index in [0.29, 0.717) is 0 Å². The van der Waals surface area contributed by atoms with Crippen LogP contribution >= 0.6 is 38.8 Å². The molecule has 0 radical (unpaired) electrons. The number of nitrogens with zero attached hydrogens (tertiary/aromatic N) is 2. The molecule has 0 spiro atoms. The van der Waals surface area contributed by atoms with E-state index in [2.05, 4.69) is 38.8 Å². The fraction of sp³-hybridized carbons (Fsp3) is 0.125. The van der Waals surface area contributed by atoms with Crippen LogP contribution < -0.4 is 5.56 Å². The van der Waals surface area contributed by atoms with Gasteiger partial charge in [0.1, 0.15) is 5.52 Å². The van der Waals surface area contributed by atoms with Crippen LogP contribution in [-0.2, 0) is 7.05 Å². The van der Waals surface area contributed by atoms with Gasteiger partial charge in [0.25, 0.3) is 5.56 Å². The number of halogens is 2. The third-order valence-corrected chi connectivity index (χ3v) is 3.36. The highest BCUT2D eigenvalue weighted by molar-refractivity contribution is 14.1. The van der Waals surface area contributed by atoms with Gasteiger partial charge in [-0.3, -0.25) is 7.58 Å². The zero-order chi connectivity index (χ0) is 9.59. The minimum absolute atomic E-state index is 0.0256. The molecule has 0 bridgehead atoms. The Morgan fingerprint density at radius 2 is 2.23 bits per heavy atom. The van der Waals surface area contributed by atoms with E-state index in [4.69, 9.17) is 0 Å². The second-order valence-electron chi connectivity index (χ2n) is 2.78. The Hall–Kier alpha value is -0.300. The average Bonchev–Trinajstić information content (AvgIpc) is 2.44. The lowest BCUT2D eigenvalue weighted by atomic mass is 10.3. The van der Waals surface area contributed by atoms with E-state index in [0.717, 1.165) is 15.4 Å². The SMILES string of the molecule is Cn1cc(Br)c2ccn(I)c2c1=O. The van der Waals surface area contributed by atoms with Crippen LogP contribution in [-0.4, -0.2) is 7.35 Å². The molecular weight excluding hydrogens is 347 g/mol. The summed E-state index contributed by atoms with van der Waals surface area (Å²) in [6.45, 7) is 0. The van der Waals surface area contributed by atoms with Crippen LogP contribution in [0.1, 0.15) is 0 Å². The summed E-state index contributed by atoms with van der Waals surface area (Å²) < 4.78 is 4.32. The second-order valence-corrected chi connectivity index (χ2v) is 4.68. The molecular formula is C8H6BrIN2O. The van der Waals surface area contributed by atoms with Gasteiger partial charge in [-0.25, -0.2) is 0 Å². The summed E-state index contributed by atoms with van der Waals surface area (Å²) >= 11 is 5.51. The van der Waals surface area contributed by atoms with E-state index >= 15 is 0 Å². The van der Waals surface area contributed by atoms with Crippen molar-refractivity contribution in [2.24, 2.45) is 7.05 Å². The first-order valence-electron chi connectivity index (χ1n) is 3.63. The van der Waals surface area contributed by atoms with E-state index in [1.807, 2.05) is 12.3 Å². The molecule has 2 aromatic rings. The molecule has 13 heavy (non-hydrogen) atoms. The van der Waals surface area contributed by atoms with Crippen molar-refractivity contribution in [3.8, 4) is 0 Å². The van der Waals surface area contributed by atoms with Gasteiger partial charge in [-0.1, -0.05) is 0 Å². The molecule has 0 fully saturated rings. The molecule has 5 heteroatoms. The molecule has 0 saturated carbocycles. The van der Waals surface area contributed by atoms with Crippen molar-refractivity contribution in [1.82, 2.24) is 7.35 Å². The number of fused-ring (bicyclic) bond motifs is 1. The zero-order valence-electron chi connectivity index (χ0n) is 6.79. The molecule has 0 amide bonds. The highest BCUT2D eigenvalue weighted by atomic mass is 127. The molecule has 2 aromatic heterocycles. The van der Waals surface area contributed by atoms with Crippen LogP contribution in [0.2, 0.25) is 0 Å². The number of rotatable bonds is 0. The standard InChI is InChI=1S/C8H6BrIN2O/c1-11-4-6(9)5-2-3-12(10)7(5)8(11)13/h2-4H,1H3. The third-order valence-electron chi connectivity index (χ3n) is 1.93. The lowest BCUT2D eigenvalue weighted by Gasteiger charge is -2.00. The number of hydrogen-bond acceptors (Lipinski definition) is 1. The Morgan fingerprint density at radius 3 is 2.92 bits per heavy atom. The number of aromatic nitrogens is 2. The molecule has 3 nitrogen and oxygen atoms in total. The normalized spacial score (nSPS) is 11.0. The Morgan fingerprint density at radius 1 is 1.54 bits per heavy atom. The maximum absolute atomic E-state index is 11.7. The van der Waals surface area contributed by atoms with Crippen molar-refractivity contribution in [1.29, 1.82) is 0 Å². The van der Waals surface area contributed by atoms with Gasteiger partial charge in [0, 0.05) is 29.3 Å². The lowest BCUT2D eigenvalue weighted by molar-refractivity contribution is 0.866. The Kier molecular flexibility index (Phi) is 2.23. The van der Waals surface area contributed by atoms with Gasteiger partial charge in [0.2, 0.25) is 0 Å². The van der Waals surface area contributed by atoms with E-state index in [1.54, 1.807) is 20.6 Å². The van der Waals surface area contributed by atoms with Crippen LogP contribution in [0, 0.1) is 0 Å². The summed E-state index contributed by atoms with van der Waals surface area (Å²) in [6, 6.07) is 1.92. The number of aryl methyl sites for hydroxylation is 1. The molecule has 68 valence electrons. The van der Waals surface area contributed by atoms with Crippen molar-refractivity contribution in [3.63, 3.8) is 0 Å². The fourth-order valence-electron chi connectivity index (χ4n) is 1.27. The molecule has 0 aromatic carbocycles. The predicted molar refractivity (Wildman–Crippen MR) is 64.3 cm³/mol. The molecule has 0 atom stereocenters. The topological polar surface area (TPSA) is 26.9 Å². The molecule has 0 aliphatic heterocycles. The summed E-state index contributed by atoms with van der Waals surface area (Å²) in [4.78, 5) is 11.7. The fourth-order valence-corrected chi connectivity index (χ4v) is 2.53.